The zero-order valence-corrected chi connectivity index (χ0v) is 17.1. The molecule has 4 rings (SSSR count). The lowest BCUT2D eigenvalue weighted by Gasteiger charge is -2.16. The average Bonchev–Trinajstić information content (AvgIpc) is 3.09. The molecule has 0 bridgehead atoms. The van der Waals surface area contributed by atoms with Gasteiger partial charge in [0, 0.05) is 24.5 Å². The summed E-state index contributed by atoms with van der Waals surface area (Å²) in [6, 6.07) is 21.5. The molecular weight excluding hydrogens is 382 g/mol. The van der Waals surface area contributed by atoms with Crippen LogP contribution in [0.4, 0.5) is 5.69 Å². The van der Waals surface area contributed by atoms with E-state index in [1.807, 2.05) is 66.7 Å². The molecule has 0 aliphatic heterocycles. The number of amides is 1. The fourth-order valence-corrected chi connectivity index (χ4v) is 4.27. The van der Waals surface area contributed by atoms with Crippen molar-refractivity contribution in [2.45, 2.75) is 6.54 Å². The van der Waals surface area contributed by atoms with Gasteiger partial charge in [0.25, 0.3) is 5.91 Å². The van der Waals surface area contributed by atoms with E-state index < -0.39 is 0 Å². The Morgan fingerprint density at radius 3 is 2.48 bits per heavy atom. The highest BCUT2D eigenvalue weighted by molar-refractivity contribution is 7.21. The van der Waals surface area contributed by atoms with Crippen molar-refractivity contribution >= 4 is 33.1 Å². The Labute approximate surface area is 173 Å². The van der Waals surface area contributed by atoms with Crippen molar-refractivity contribution in [3.63, 3.8) is 0 Å². The van der Waals surface area contributed by atoms with E-state index in [1.54, 1.807) is 19.1 Å². The third-order valence-electron chi connectivity index (χ3n) is 4.78. The van der Waals surface area contributed by atoms with Crippen molar-refractivity contribution in [2.24, 2.45) is 0 Å². The summed E-state index contributed by atoms with van der Waals surface area (Å²) in [4.78, 5) is 20.7. The Morgan fingerprint density at radius 1 is 1.07 bits per heavy atom. The number of rotatable bonds is 5. The lowest BCUT2D eigenvalue weighted by Crippen LogP contribution is -2.26. The van der Waals surface area contributed by atoms with Crippen molar-refractivity contribution in [2.75, 3.05) is 19.9 Å². The molecule has 2 aromatic carbocycles. The highest BCUT2D eigenvalue weighted by Gasteiger charge is 2.21. The molecular formula is C23H21N3O2S. The minimum Gasteiger partial charge on any atom is -0.497 e. The van der Waals surface area contributed by atoms with Crippen molar-refractivity contribution in [1.82, 2.24) is 9.88 Å². The molecule has 0 radical (unpaired) electrons. The van der Waals surface area contributed by atoms with Crippen LogP contribution in [0, 0.1) is 0 Å². The minimum absolute atomic E-state index is 0.0969. The topological polar surface area (TPSA) is 68.5 Å². The van der Waals surface area contributed by atoms with E-state index in [0.29, 0.717) is 17.1 Å². The van der Waals surface area contributed by atoms with Crippen LogP contribution >= 0.6 is 11.3 Å². The number of nitrogens with two attached hydrogens (primary N) is 1. The first kappa shape index (κ1) is 19.0. The van der Waals surface area contributed by atoms with E-state index in [0.717, 1.165) is 32.8 Å². The molecule has 0 atom stereocenters. The van der Waals surface area contributed by atoms with Gasteiger partial charge in [-0.1, -0.05) is 30.3 Å². The Morgan fingerprint density at radius 2 is 1.79 bits per heavy atom. The van der Waals surface area contributed by atoms with Crippen molar-refractivity contribution < 1.29 is 9.53 Å². The number of benzene rings is 2. The van der Waals surface area contributed by atoms with Gasteiger partial charge < -0.3 is 15.4 Å². The summed E-state index contributed by atoms with van der Waals surface area (Å²) in [6.45, 7) is 0.526. The number of ether oxygens (including phenoxy) is 1. The van der Waals surface area contributed by atoms with Crippen LogP contribution in [-0.4, -0.2) is 29.9 Å². The van der Waals surface area contributed by atoms with E-state index in [1.165, 1.54) is 11.3 Å². The second kappa shape index (κ2) is 7.93. The largest absolute Gasteiger partial charge is 0.497 e. The van der Waals surface area contributed by atoms with E-state index >= 15 is 0 Å². The second-order valence-corrected chi connectivity index (χ2v) is 7.77. The fourth-order valence-electron chi connectivity index (χ4n) is 3.18. The first-order chi connectivity index (χ1) is 14.1. The van der Waals surface area contributed by atoms with Crippen molar-refractivity contribution in [3.8, 4) is 17.0 Å². The van der Waals surface area contributed by atoms with Crippen LogP contribution in [0.1, 0.15) is 15.2 Å². The first-order valence-corrected chi connectivity index (χ1v) is 10.0. The Balaban J connectivity index is 1.63. The standard InChI is InChI=1S/C23H21N3O2S/c1-26(14-15-6-4-3-5-7-15)23(27)21-20(24)18-12-13-19(25-22(18)29-21)16-8-10-17(28-2)11-9-16/h3-13H,14,24H2,1-2H3. The Kier molecular flexibility index (Phi) is 5.18. The predicted octanol–water partition coefficient (Wildman–Crippen LogP) is 4.83. The number of methoxy groups -OCH3 is 1. The van der Waals surface area contributed by atoms with Gasteiger partial charge in [-0.2, -0.15) is 0 Å². The molecule has 0 aliphatic rings. The number of nitrogens with zero attached hydrogens (tertiary/aromatic N) is 2. The Bertz CT molecular complexity index is 1150. The van der Waals surface area contributed by atoms with Crippen LogP contribution in [0.5, 0.6) is 5.75 Å². The molecule has 0 fully saturated rings. The third-order valence-corrected chi connectivity index (χ3v) is 5.89. The third kappa shape index (κ3) is 3.79. The number of hydrogen-bond donors (Lipinski definition) is 1. The van der Waals surface area contributed by atoms with Crippen LogP contribution in [0.3, 0.4) is 0 Å². The zero-order valence-electron chi connectivity index (χ0n) is 16.3. The van der Waals surface area contributed by atoms with Gasteiger partial charge in [0.2, 0.25) is 0 Å². The predicted molar refractivity (Wildman–Crippen MR) is 118 cm³/mol. The fraction of sp³-hybridized carbons (Fsp3) is 0.130. The lowest BCUT2D eigenvalue weighted by molar-refractivity contribution is 0.0791. The summed E-state index contributed by atoms with van der Waals surface area (Å²) in [7, 11) is 3.43. The van der Waals surface area contributed by atoms with Gasteiger partial charge in [-0.25, -0.2) is 4.98 Å². The number of carbonyl (C=O) groups is 1. The maximum Gasteiger partial charge on any atom is 0.266 e. The van der Waals surface area contributed by atoms with Crippen molar-refractivity contribution in [3.05, 3.63) is 77.2 Å². The normalized spacial score (nSPS) is 10.8. The number of aromatic nitrogens is 1. The highest BCUT2D eigenvalue weighted by Crippen LogP contribution is 2.35. The van der Waals surface area contributed by atoms with E-state index in [-0.39, 0.29) is 5.91 Å². The zero-order chi connectivity index (χ0) is 20.4. The molecule has 0 unspecified atom stereocenters. The van der Waals surface area contributed by atoms with Gasteiger partial charge >= 0.3 is 0 Å². The van der Waals surface area contributed by atoms with Crippen LogP contribution in [0.15, 0.2) is 66.7 Å². The van der Waals surface area contributed by atoms with E-state index in [2.05, 4.69) is 0 Å². The van der Waals surface area contributed by atoms with Gasteiger partial charge in [-0.15, -0.1) is 11.3 Å². The summed E-state index contributed by atoms with van der Waals surface area (Å²) >= 11 is 1.34. The summed E-state index contributed by atoms with van der Waals surface area (Å²) in [5.41, 5.74) is 9.68. The van der Waals surface area contributed by atoms with Gasteiger partial charge in [0.05, 0.1) is 18.5 Å². The molecule has 29 heavy (non-hydrogen) atoms. The monoisotopic (exact) mass is 403 g/mol. The van der Waals surface area contributed by atoms with Gasteiger partial charge in [-0.3, -0.25) is 4.79 Å². The number of thiophene rings is 1. The second-order valence-electron chi connectivity index (χ2n) is 6.77. The molecule has 4 aromatic rings. The highest BCUT2D eigenvalue weighted by atomic mass is 32.1. The molecule has 0 spiro atoms. The van der Waals surface area contributed by atoms with Crippen molar-refractivity contribution in [1.29, 1.82) is 0 Å². The van der Waals surface area contributed by atoms with Gasteiger partial charge in [0.1, 0.15) is 15.5 Å². The summed E-state index contributed by atoms with van der Waals surface area (Å²) < 4.78 is 5.21. The summed E-state index contributed by atoms with van der Waals surface area (Å²) in [5.74, 6) is 0.699. The number of nitrogen functional groups attached to an aromatic ring is 1. The molecule has 0 aliphatic carbocycles. The molecule has 2 N–H and O–H groups in total. The molecule has 0 saturated carbocycles. The van der Waals surface area contributed by atoms with Gasteiger partial charge in [-0.05, 0) is 42.0 Å². The smallest absolute Gasteiger partial charge is 0.266 e. The SMILES string of the molecule is COc1ccc(-c2ccc3c(N)c(C(=O)N(C)Cc4ccccc4)sc3n2)cc1. The quantitative estimate of drug-likeness (QED) is 0.518. The van der Waals surface area contributed by atoms with Crippen LogP contribution in [0.25, 0.3) is 21.5 Å². The van der Waals surface area contributed by atoms with Crippen LogP contribution < -0.4 is 10.5 Å². The minimum atomic E-state index is -0.0969. The number of carbonyl (C=O) groups excluding carboxylic acids is 1. The number of fused-ring (bicyclic) bond motifs is 1. The number of hydrogen-bond acceptors (Lipinski definition) is 5. The summed E-state index contributed by atoms with van der Waals surface area (Å²) in [6.07, 6.45) is 0. The molecule has 6 heteroatoms. The number of pyridine rings is 1. The van der Waals surface area contributed by atoms with E-state index in [4.69, 9.17) is 15.5 Å². The molecule has 0 saturated heterocycles. The molecule has 146 valence electrons. The van der Waals surface area contributed by atoms with Crippen LogP contribution in [0.2, 0.25) is 0 Å². The molecule has 2 heterocycles. The maximum atomic E-state index is 13.0. The Hall–Kier alpha value is -3.38. The van der Waals surface area contributed by atoms with Crippen LogP contribution in [-0.2, 0) is 6.54 Å². The maximum absolute atomic E-state index is 13.0. The molecule has 1 amide bonds. The number of anilines is 1. The molecule has 5 nitrogen and oxygen atoms in total. The van der Waals surface area contributed by atoms with Gasteiger partial charge in [0.15, 0.2) is 0 Å². The first-order valence-electron chi connectivity index (χ1n) is 9.19. The summed E-state index contributed by atoms with van der Waals surface area (Å²) in [5, 5.41) is 0.809. The average molecular weight is 404 g/mol. The molecule has 2 aromatic heterocycles. The van der Waals surface area contributed by atoms with E-state index in [9.17, 15) is 4.79 Å². The lowest BCUT2D eigenvalue weighted by atomic mass is 10.1.